The predicted octanol–water partition coefficient (Wildman–Crippen LogP) is 5.06. The van der Waals surface area contributed by atoms with Crippen LogP contribution in [0.15, 0.2) is 114 Å². The quantitative estimate of drug-likeness (QED) is 0.263. The van der Waals surface area contributed by atoms with Crippen LogP contribution in [0.5, 0.6) is 0 Å². The van der Waals surface area contributed by atoms with Gasteiger partial charge in [0.15, 0.2) is 0 Å². The minimum absolute atomic E-state index is 0.0412. The molecule has 0 spiro atoms. The number of sulfonamides is 1. The molecule has 4 aromatic carbocycles. The van der Waals surface area contributed by atoms with Crippen molar-refractivity contribution in [3.05, 3.63) is 131 Å². The molecule has 0 unspecified atom stereocenters. The van der Waals surface area contributed by atoms with E-state index < -0.39 is 40.2 Å². The van der Waals surface area contributed by atoms with Gasteiger partial charge in [-0.2, -0.15) is 0 Å². The van der Waals surface area contributed by atoms with Crippen molar-refractivity contribution < 1.29 is 22.4 Å². The number of nitrogens with one attached hydrogen (secondary N) is 1. The van der Waals surface area contributed by atoms with E-state index in [0.717, 1.165) is 9.87 Å². The maximum Gasteiger partial charge on any atom is 0.264 e. The lowest BCUT2D eigenvalue weighted by Gasteiger charge is -2.33. The number of amides is 2. The Morgan fingerprint density at radius 1 is 0.854 bits per heavy atom. The number of rotatable bonds is 11. The molecular formula is C31H29ClFN3O4S. The van der Waals surface area contributed by atoms with Gasteiger partial charge in [0.25, 0.3) is 10.0 Å². The van der Waals surface area contributed by atoms with E-state index in [1.165, 1.54) is 54.4 Å². The number of hydrogen-bond acceptors (Lipinski definition) is 4. The number of carbonyl (C=O) groups excluding carboxylic acids is 2. The third-order valence-electron chi connectivity index (χ3n) is 6.55. The summed E-state index contributed by atoms with van der Waals surface area (Å²) < 4.78 is 43.5. The molecule has 0 saturated heterocycles. The highest BCUT2D eigenvalue weighted by Gasteiger charge is 2.35. The van der Waals surface area contributed by atoms with Crippen molar-refractivity contribution in [2.45, 2.75) is 23.9 Å². The highest BCUT2D eigenvalue weighted by atomic mass is 35.5. The second kappa shape index (κ2) is 13.4. The Balaban J connectivity index is 1.80. The Bertz CT molecular complexity index is 1600. The van der Waals surface area contributed by atoms with Crippen LogP contribution in [0.1, 0.15) is 11.1 Å². The van der Waals surface area contributed by atoms with Crippen molar-refractivity contribution in [1.82, 2.24) is 10.2 Å². The molecule has 0 aliphatic heterocycles. The summed E-state index contributed by atoms with van der Waals surface area (Å²) in [6.45, 7) is -0.949. The molecule has 0 saturated carbocycles. The van der Waals surface area contributed by atoms with E-state index in [-0.39, 0.29) is 34.1 Å². The monoisotopic (exact) mass is 593 g/mol. The van der Waals surface area contributed by atoms with Gasteiger partial charge >= 0.3 is 0 Å². The maximum atomic E-state index is 14.8. The van der Waals surface area contributed by atoms with E-state index >= 15 is 0 Å². The zero-order valence-corrected chi connectivity index (χ0v) is 23.9. The zero-order chi connectivity index (χ0) is 29.4. The van der Waals surface area contributed by atoms with Crippen LogP contribution < -0.4 is 9.62 Å². The Morgan fingerprint density at radius 3 is 2.07 bits per heavy atom. The molecule has 41 heavy (non-hydrogen) atoms. The number of benzene rings is 4. The first-order chi connectivity index (χ1) is 19.7. The molecule has 212 valence electrons. The summed E-state index contributed by atoms with van der Waals surface area (Å²) >= 11 is 6.42. The molecule has 0 radical (unpaired) electrons. The fourth-order valence-electron chi connectivity index (χ4n) is 4.42. The first-order valence-corrected chi connectivity index (χ1v) is 14.6. The molecule has 10 heteroatoms. The fourth-order valence-corrected chi connectivity index (χ4v) is 6.16. The average Bonchev–Trinajstić information content (AvgIpc) is 2.99. The largest absolute Gasteiger partial charge is 0.357 e. The van der Waals surface area contributed by atoms with E-state index in [9.17, 15) is 22.4 Å². The molecule has 0 bridgehead atoms. The number of anilines is 1. The summed E-state index contributed by atoms with van der Waals surface area (Å²) in [5, 5.41) is 2.71. The van der Waals surface area contributed by atoms with Crippen LogP contribution >= 0.6 is 11.6 Å². The standard InChI is InChI=1S/C31H29ClFN3O4S/c1-34-31(38)29(20-23-12-4-2-5-13-23)35(21-24-14-8-10-18-27(24)33)30(37)22-36(28-19-11-9-17-26(28)32)41(39,40)25-15-6-3-7-16-25/h2-19,29H,20-22H2,1H3,(H,34,38)/t29-/m1/s1. The number of para-hydroxylation sites is 1. The van der Waals surface area contributed by atoms with E-state index in [4.69, 9.17) is 11.6 Å². The van der Waals surface area contributed by atoms with E-state index in [1.54, 1.807) is 36.4 Å². The third-order valence-corrected chi connectivity index (χ3v) is 8.64. The molecule has 4 aromatic rings. The molecular weight excluding hydrogens is 565 g/mol. The Labute approximate surface area is 244 Å². The van der Waals surface area contributed by atoms with Crippen molar-refractivity contribution >= 4 is 39.1 Å². The molecule has 0 aliphatic rings. The lowest BCUT2D eigenvalue weighted by atomic mass is 10.0. The topological polar surface area (TPSA) is 86.8 Å². The van der Waals surface area contributed by atoms with Gasteiger partial charge < -0.3 is 10.2 Å². The van der Waals surface area contributed by atoms with Gasteiger partial charge in [0.05, 0.1) is 15.6 Å². The van der Waals surface area contributed by atoms with Crippen molar-refractivity contribution in [1.29, 1.82) is 0 Å². The van der Waals surface area contributed by atoms with Gasteiger partial charge in [-0.05, 0) is 35.9 Å². The smallest absolute Gasteiger partial charge is 0.264 e. The molecule has 0 heterocycles. The SMILES string of the molecule is CNC(=O)[C@@H](Cc1ccccc1)N(Cc1ccccc1F)C(=O)CN(c1ccccc1Cl)S(=O)(=O)c1ccccc1. The maximum absolute atomic E-state index is 14.8. The number of carbonyl (C=O) groups is 2. The minimum Gasteiger partial charge on any atom is -0.357 e. The molecule has 0 fully saturated rings. The molecule has 1 atom stereocenters. The first kappa shape index (κ1) is 29.8. The second-order valence-corrected chi connectivity index (χ2v) is 11.5. The zero-order valence-electron chi connectivity index (χ0n) is 22.3. The van der Waals surface area contributed by atoms with Crippen molar-refractivity contribution in [2.24, 2.45) is 0 Å². The van der Waals surface area contributed by atoms with Crippen LogP contribution in [0.3, 0.4) is 0 Å². The molecule has 0 aromatic heterocycles. The van der Waals surface area contributed by atoms with Gasteiger partial charge in [-0.3, -0.25) is 13.9 Å². The fraction of sp³-hybridized carbons (Fsp3) is 0.161. The second-order valence-electron chi connectivity index (χ2n) is 9.21. The van der Waals surface area contributed by atoms with Gasteiger partial charge in [0, 0.05) is 25.6 Å². The molecule has 0 aliphatic carbocycles. The van der Waals surface area contributed by atoms with Crippen LogP contribution in [-0.2, 0) is 32.6 Å². The summed E-state index contributed by atoms with van der Waals surface area (Å²) in [7, 11) is -2.82. The van der Waals surface area contributed by atoms with E-state index in [0.29, 0.717) is 0 Å². The van der Waals surface area contributed by atoms with Gasteiger partial charge in [0.2, 0.25) is 11.8 Å². The number of halogens is 2. The van der Waals surface area contributed by atoms with E-state index in [2.05, 4.69) is 5.32 Å². The molecule has 4 rings (SSSR count). The summed E-state index contributed by atoms with van der Waals surface area (Å²) in [6.07, 6.45) is 0.123. The van der Waals surface area contributed by atoms with Crippen LogP contribution in [0.2, 0.25) is 5.02 Å². The first-order valence-electron chi connectivity index (χ1n) is 12.8. The lowest BCUT2D eigenvalue weighted by molar-refractivity contribution is -0.139. The van der Waals surface area contributed by atoms with Crippen LogP contribution in [0.25, 0.3) is 0 Å². The number of hydrogen-bond donors (Lipinski definition) is 1. The van der Waals surface area contributed by atoms with Crippen molar-refractivity contribution in [3.63, 3.8) is 0 Å². The van der Waals surface area contributed by atoms with Crippen molar-refractivity contribution in [2.75, 3.05) is 17.9 Å². The summed E-state index contributed by atoms with van der Waals surface area (Å²) in [4.78, 5) is 28.5. The minimum atomic E-state index is -4.27. The van der Waals surface area contributed by atoms with Gasteiger partial charge in [-0.25, -0.2) is 12.8 Å². The van der Waals surface area contributed by atoms with E-state index in [1.807, 2.05) is 30.3 Å². The number of likely N-dealkylation sites (N-methyl/N-ethyl adjacent to an activating group) is 1. The highest BCUT2D eigenvalue weighted by molar-refractivity contribution is 7.92. The molecule has 7 nitrogen and oxygen atoms in total. The summed E-state index contributed by atoms with van der Waals surface area (Å²) in [6, 6.07) is 27.9. The van der Waals surface area contributed by atoms with Gasteiger partial charge in [0.1, 0.15) is 18.4 Å². The van der Waals surface area contributed by atoms with Crippen molar-refractivity contribution in [3.8, 4) is 0 Å². The Hall–Kier alpha value is -4.21. The Morgan fingerprint density at radius 2 is 1.44 bits per heavy atom. The lowest BCUT2D eigenvalue weighted by Crippen LogP contribution is -2.53. The van der Waals surface area contributed by atoms with Gasteiger partial charge in [-0.15, -0.1) is 0 Å². The van der Waals surface area contributed by atoms with Crippen LogP contribution in [0, 0.1) is 5.82 Å². The van der Waals surface area contributed by atoms with Crippen LogP contribution in [0.4, 0.5) is 10.1 Å². The Kier molecular flexibility index (Phi) is 9.75. The van der Waals surface area contributed by atoms with Gasteiger partial charge in [-0.1, -0.05) is 90.5 Å². The summed E-state index contributed by atoms with van der Waals surface area (Å²) in [5.41, 5.74) is 1.04. The third kappa shape index (κ3) is 7.11. The predicted molar refractivity (Wildman–Crippen MR) is 157 cm³/mol. The molecule has 1 N–H and O–H groups in total. The normalized spacial score (nSPS) is 11.9. The average molecular weight is 594 g/mol. The summed E-state index contributed by atoms with van der Waals surface area (Å²) in [5.74, 6) is -1.74. The van der Waals surface area contributed by atoms with Crippen LogP contribution in [-0.4, -0.2) is 44.8 Å². The molecule has 2 amide bonds. The highest BCUT2D eigenvalue weighted by Crippen LogP contribution is 2.31. The number of nitrogens with zero attached hydrogens (tertiary/aromatic N) is 2.